The Morgan fingerprint density at radius 3 is 2.06 bits per heavy atom. The second-order valence-electron chi connectivity index (χ2n) is 3.69. The summed E-state index contributed by atoms with van der Waals surface area (Å²) < 4.78 is 60.7. The highest BCUT2D eigenvalue weighted by Crippen LogP contribution is 2.35. The Bertz CT molecular complexity index is 193. The molecular formula is C9H17F5N2. The fourth-order valence-corrected chi connectivity index (χ4v) is 1.08. The van der Waals surface area contributed by atoms with Crippen LogP contribution in [0.15, 0.2) is 0 Å². The van der Waals surface area contributed by atoms with Crippen molar-refractivity contribution in [3.05, 3.63) is 0 Å². The Balaban J connectivity index is 3.90. The van der Waals surface area contributed by atoms with Crippen LogP contribution in [0.25, 0.3) is 0 Å². The van der Waals surface area contributed by atoms with Gasteiger partial charge in [0.2, 0.25) is 0 Å². The first-order valence-electron chi connectivity index (χ1n) is 5.04. The van der Waals surface area contributed by atoms with Crippen LogP contribution < -0.4 is 5.32 Å². The Kier molecular flexibility index (Phi) is 6.17. The molecule has 0 atom stereocenters. The maximum atomic E-state index is 12.6. The van der Waals surface area contributed by atoms with E-state index in [1.807, 2.05) is 6.92 Å². The van der Waals surface area contributed by atoms with Crippen molar-refractivity contribution >= 4 is 0 Å². The molecule has 0 fully saturated rings. The second kappa shape index (κ2) is 6.34. The van der Waals surface area contributed by atoms with E-state index < -0.39 is 18.6 Å². The van der Waals surface area contributed by atoms with E-state index in [0.29, 0.717) is 6.54 Å². The van der Waals surface area contributed by atoms with Gasteiger partial charge in [-0.3, -0.25) is 4.90 Å². The van der Waals surface area contributed by atoms with Gasteiger partial charge in [0.1, 0.15) is 0 Å². The minimum Gasteiger partial charge on any atom is -0.315 e. The minimum absolute atomic E-state index is 0.158. The van der Waals surface area contributed by atoms with Gasteiger partial charge in [0.15, 0.2) is 0 Å². The Morgan fingerprint density at radius 2 is 1.62 bits per heavy atom. The summed E-state index contributed by atoms with van der Waals surface area (Å²) in [7, 11) is 1.24. The summed E-state index contributed by atoms with van der Waals surface area (Å²) >= 11 is 0. The Hall–Kier alpha value is -0.430. The van der Waals surface area contributed by atoms with Crippen molar-refractivity contribution in [2.75, 3.05) is 33.2 Å². The number of alkyl halides is 5. The van der Waals surface area contributed by atoms with Crippen LogP contribution in [0.4, 0.5) is 22.0 Å². The lowest BCUT2D eigenvalue weighted by atomic mass is 10.3. The number of rotatable bonds is 7. The molecule has 0 aromatic carbocycles. The van der Waals surface area contributed by atoms with Gasteiger partial charge in [0.05, 0.1) is 6.54 Å². The van der Waals surface area contributed by atoms with Gasteiger partial charge in [-0.25, -0.2) is 0 Å². The van der Waals surface area contributed by atoms with Crippen LogP contribution in [0.1, 0.15) is 13.3 Å². The van der Waals surface area contributed by atoms with Gasteiger partial charge >= 0.3 is 12.1 Å². The summed E-state index contributed by atoms with van der Waals surface area (Å²) in [6.07, 6.45) is -4.58. The Morgan fingerprint density at radius 1 is 1.06 bits per heavy atom. The smallest absolute Gasteiger partial charge is 0.315 e. The fourth-order valence-electron chi connectivity index (χ4n) is 1.08. The van der Waals surface area contributed by atoms with Crippen molar-refractivity contribution in [3.8, 4) is 0 Å². The molecule has 1 N–H and O–H groups in total. The summed E-state index contributed by atoms with van der Waals surface area (Å²) in [6, 6.07) is 0. The molecule has 7 heteroatoms. The van der Waals surface area contributed by atoms with E-state index in [1.54, 1.807) is 0 Å². The van der Waals surface area contributed by atoms with E-state index >= 15 is 0 Å². The van der Waals surface area contributed by atoms with Crippen molar-refractivity contribution in [1.29, 1.82) is 0 Å². The molecule has 0 heterocycles. The zero-order chi connectivity index (χ0) is 12.8. The topological polar surface area (TPSA) is 15.3 Å². The van der Waals surface area contributed by atoms with Crippen LogP contribution >= 0.6 is 0 Å². The normalized spacial score (nSPS) is 13.5. The maximum absolute atomic E-state index is 12.6. The van der Waals surface area contributed by atoms with Gasteiger partial charge in [-0.15, -0.1) is 0 Å². The first-order valence-corrected chi connectivity index (χ1v) is 5.04. The van der Waals surface area contributed by atoms with Crippen LogP contribution in [0, 0.1) is 0 Å². The molecule has 0 bridgehead atoms. The molecule has 2 nitrogen and oxygen atoms in total. The molecule has 16 heavy (non-hydrogen) atoms. The molecule has 0 aromatic heterocycles. The lowest BCUT2D eigenvalue weighted by molar-refractivity contribution is -0.285. The van der Waals surface area contributed by atoms with Crippen molar-refractivity contribution in [2.24, 2.45) is 0 Å². The first kappa shape index (κ1) is 15.6. The molecular weight excluding hydrogens is 231 g/mol. The fraction of sp³-hybridized carbons (Fsp3) is 1.00. The lowest BCUT2D eigenvalue weighted by Gasteiger charge is -2.25. The van der Waals surface area contributed by atoms with Crippen molar-refractivity contribution < 1.29 is 22.0 Å². The van der Waals surface area contributed by atoms with Crippen LogP contribution in [0.2, 0.25) is 0 Å². The second-order valence-corrected chi connectivity index (χ2v) is 3.69. The van der Waals surface area contributed by atoms with Crippen molar-refractivity contribution in [1.82, 2.24) is 10.2 Å². The van der Waals surface area contributed by atoms with E-state index in [0.717, 1.165) is 17.9 Å². The highest BCUT2D eigenvalue weighted by Gasteiger charge is 2.57. The van der Waals surface area contributed by atoms with Gasteiger partial charge < -0.3 is 5.32 Å². The zero-order valence-electron chi connectivity index (χ0n) is 9.37. The highest BCUT2D eigenvalue weighted by atomic mass is 19.4. The molecule has 0 saturated carbocycles. The first-order chi connectivity index (χ1) is 7.20. The van der Waals surface area contributed by atoms with Gasteiger partial charge in [-0.1, -0.05) is 6.92 Å². The predicted molar refractivity (Wildman–Crippen MR) is 51.7 cm³/mol. The Labute approximate surface area is 91.8 Å². The number of halogens is 5. The van der Waals surface area contributed by atoms with Crippen molar-refractivity contribution in [2.45, 2.75) is 25.4 Å². The highest BCUT2D eigenvalue weighted by molar-refractivity contribution is 4.79. The third-order valence-electron chi connectivity index (χ3n) is 1.98. The maximum Gasteiger partial charge on any atom is 0.454 e. The third-order valence-corrected chi connectivity index (χ3v) is 1.98. The van der Waals surface area contributed by atoms with E-state index in [4.69, 9.17) is 0 Å². The van der Waals surface area contributed by atoms with Gasteiger partial charge in [0.25, 0.3) is 0 Å². The number of nitrogens with one attached hydrogen (secondary N) is 1. The standard InChI is InChI=1S/C9H17F5N2/c1-3-4-15-5-6-16(2)7-8(10,11)9(12,13)14/h15H,3-7H2,1-2H3. The van der Waals surface area contributed by atoms with E-state index in [1.165, 1.54) is 7.05 Å². The molecule has 0 aliphatic carbocycles. The molecule has 0 aromatic rings. The van der Waals surface area contributed by atoms with Crippen LogP contribution in [0.5, 0.6) is 0 Å². The number of likely N-dealkylation sites (N-methyl/N-ethyl adjacent to an activating group) is 1. The van der Waals surface area contributed by atoms with E-state index in [-0.39, 0.29) is 6.54 Å². The molecule has 0 radical (unpaired) electrons. The average Bonchev–Trinajstić information content (AvgIpc) is 2.10. The lowest BCUT2D eigenvalue weighted by Crippen LogP contribution is -2.47. The minimum atomic E-state index is -5.47. The number of nitrogens with zero attached hydrogens (tertiary/aromatic N) is 1. The molecule has 0 aliphatic heterocycles. The summed E-state index contributed by atoms with van der Waals surface area (Å²) in [5, 5.41) is 2.92. The monoisotopic (exact) mass is 248 g/mol. The van der Waals surface area contributed by atoms with Gasteiger partial charge in [0, 0.05) is 13.1 Å². The van der Waals surface area contributed by atoms with Gasteiger partial charge in [-0.2, -0.15) is 22.0 Å². The largest absolute Gasteiger partial charge is 0.454 e. The van der Waals surface area contributed by atoms with E-state index in [2.05, 4.69) is 5.32 Å². The van der Waals surface area contributed by atoms with Crippen molar-refractivity contribution in [3.63, 3.8) is 0 Å². The molecule has 0 spiro atoms. The van der Waals surface area contributed by atoms with Crippen LogP contribution in [-0.2, 0) is 0 Å². The number of hydrogen-bond donors (Lipinski definition) is 1. The average molecular weight is 248 g/mol. The zero-order valence-corrected chi connectivity index (χ0v) is 9.37. The molecule has 98 valence electrons. The summed E-state index contributed by atoms with van der Waals surface area (Å²) in [6.45, 7) is 1.92. The molecule has 0 unspecified atom stereocenters. The SMILES string of the molecule is CCCNCCN(C)CC(F)(F)C(F)(F)F. The molecule has 0 rings (SSSR count). The number of hydrogen-bond acceptors (Lipinski definition) is 2. The summed E-state index contributed by atoms with van der Waals surface area (Å²) in [4.78, 5) is 0.968. The predicted octanol–water partition coefficient (Wildman–Crippen LogP) is 2.12. The molecule has 0 amide bonds. The molecule has 0 aliphatic rings. The van der Waals surface area contributed by atoms with Crippen LogP contribution in [0.3, 0.4) is 0 Å². The quantitative estimate of drug-likeness (QED) is 0.548. The van der Waals surface area contributed by atoms with Gasteiger partial charge in [-0.05, 0) is 20.0 Å². The summed E-state index contributed by atoms with van der Waals surface area (Å²) in [5.74, 6) is -4.65. The summed E-state index contributed by atoms with van der Waals surface area (Å²) in [5.41, 5.74) is 0. The third kappa shape index (κ3) is 5.60. The van der Waals surface area contributed by atoms with E-state index in [9.17, 15) is 22.0 Å². The van der Waals surface area contributed by atoms with Crippen LogP contribution in [-0.4, -0.2) is 50.2 Å². The molecule has 0 saturated heterocycles.